The Morgan fingerprint density at radius 2 is 2.00 bits per heavy atom. The van der Waals surface area contributed by atoms with Crippen LogP contribution in [0.1, 0.15) is 20.3 Å². The van der Waals surface area contributed by atoms with Crippen molar-refractivity contribution in [2.45, 2.75) is 26.4 Å². The molecule has 5 heteroatoms. The van der Waals surface area contributed by atoms with E-state index in [1.807, 2.05) is 13.8 Å². The zero-order valence-electron chi connectivity index (χ0n) is 9.82. The third-order valence-electron chi connectivity index (χ3n) is 2.68. The minimum absolute atomic E-state index is 0.435. The summed E-state index contributed by atoms with van der Waals surface area (Å²) in [6.07, 6.45) is -3.35. The standard InChI is InChI=1S/C11H19F3N2/c1-3-4-16(8-11(12,13)14)7-9(2)10-5-15-6-10/h15H,3-8H2,1-2H3. The van der Waals surface area contributed by atoms with Crippen LogP contribution in [0.4, 0.5) is 13.2 Å². The van der Waals surface area contributed by atoms with Gasteiger partial charge in [0.15, 0.2) is 0 Å². The van der Waals surface area contributed by atoms with Crippen molar-refractivity contribution in [2.24, 2.45) is 0 Å². The molecule has 0 aliphatic carbocycles. The van der Waals surface area contributed by atoms with E-state index >= 15 is 0 Å². The Hall–Kier alpha value is -0.550. The number of halogens is 3. The van der Waals surface area contributed by atoms with Crippen molar-refractivity contribution in [3.63, 3.8) is 0 Å². The van der Waals surface area contributed by atoms with Crippen LogP contribution in [0, 0.1) is 0 Å². The van der Waals surface area contributed by atoms with Crippen molar-refractivity contribution in [1.29, 1.82) is 0 Å². The summed E-state index contributed by atoms with van der Waals surface area (Å²) in [7, 11) is 0. The number of hydrogen-bond acceptors (Lipinski definition) is 2. The lowest BCUT2D eigenvalue weighted by atomic mass is 10.0. The van der Waals surface area contributed by atoms with Gasteiger partial charge in [-0.3, -0.25) is 4.90 Å². The summed E-state index contributed by atoms with van der Waals surface area (Å²) in [5.74, 6) is 0. The van der Waals surface area contributed by atoms with Gasteiger partial charge < -0.3 is 5.32 Å². The molecule has 1 aliphatic heterocycles. The van der Waals surface area contributed by atoms with Gasteiger partial charge in [0.2, 0.25) is 0 Å². The van der Waals surface area contributed by atoms with Gasteiger partial charge in [0.1, 0.15) is 0 Å². The third kappa shape index (κ3) is 4.53. The number of nitrogens with zero attached hydrogens (tertiary/aromatic N) is 1. The molecule has 0 aromatic heterocycles. The van der Waals surface area contributed by atoms with Crippen LogP contribution >= 0.6 is 0 Å². The molecule has 1 saturated heterocycles. The smallest absolute Gasteiger partial charge is 0.309 e. The third-order valence-corrected chi connectivity index (χ3v) is 2.68. The van der Waals surface area contributed by atoms with E-state index in [1.165, 1.54) is 10.5 Å². The van der Waals surface area contributed by atoms with E-state index in [0.717, 1.165) is 25.1 Å². The van der Waals surface area contributed by atoms with Crippen molar-refractivity contribution in [3.05, 3.63) is 11.1 Å². The highest BCUT2D eigenvalue weighted by molar-refractivity contribution is 5.22. The highest BCUT2D eigenvalue weighted by Crippen LogP contribution is 2.18. The Labute approximate surface area is 94.5 Å². The molecular formula is C11H19F3N2. The topological polar surface area (TPSA) is 15.3 Å². The maximum atomic E-state index is 12.3. The van der Waals surface area contributed by atoms with E-state index in [0.29, 0.717) is 13.1 Å². The fourth-order valence-corrected chi connectivity index (χ4v) is 1.78. The molecule has 1 heterocycles. The van der Waals surface area contributed by atoms with Crippen molar-refractivity contribution in [1.82, 2.24) is 10.2 Å². The molecule has 1 fully saturated rings. The first-order chi connectivity index (χ1) is 7.42. The van der Waals surface area contributed by atoms with Gasteiger partial charge in [0, 0.05) is 19.6 Å². The molecule has 0 bridgehead atoms. The molecule has 16 heavy (non-hydrogen) atoms. The predicted octanol–water partition coefficient (Wildman–Crippen LogP) is 2.18. The van der Waals surface area contributed by atoms with E-state index < -0.39 is 12.7 Å². The monoisotopic (exact) mass is 236 g/mol. The van der Waals surface area contributed by atoms with Gasteiger partial charge in [0.25, 0.3) is 0 Å². The average molecular weight is 236 g/mol. The van der Waals surface area contributed by atoms with Crippen LogP contribution in [0.2, 0.25) is 0 Å². The SMILES string of the molecule is CCCN(CC(C)=C1CNC1)CC(F)(F)F. The van der Waals surface area contributed by atoms with Gasteiger partial charge in [0.05, 0.1) is 6.54 Å². The second-order valence-corrected chi connectivity index (χ2v) is 4.31. The summed E-state index contributed by atoms with van der Waals surface area (Å²) in [5, 5.41) is 3.10. The van der Waals surface area contributed by atoms with Crippen LogP contribution in [0.25, 0.3) is 0 Å². The van der Waals surface area contributed by atoms with Crippen molar-refractivity contribution >= 4 is 0 Å². The molecule has 0 saturated carbocycles. The van der Waals surface area contributed by atoms with Crippen LogP contribution < -0.4 is 5.32 Å². The van der Waals surface area contributed by atoms with Gasteiger partial charge in [-0.2, -0.15) is 13.2 Å². The lowest BCUT2D eigenvalue weighted by molar-refractivity contribution is -0.145. The van der Waals surface area contributed by atoms with Gasteiger partial charge in [-0.1, -0.05) is 12.5 Å². The molecular weight excluding hydrogens is 217 g/mol. The minimum atomic E-state index is -4.10. The maximum Gasteiger partial charge on any atom is 0.401 e. The number of hydrogen-bond donors (Lipinski definition) is 1. The van der Waals surface area contributed by atoms with Crippen LogP contribution in [-0.4, -0.2) is 43.8 Å². The minimum Gasteiger partial charge on any atom is -0.309 e. The molecule has 0 aromatic rings. The summed E-state index contributed by atoms with van der Waals surface area (Å²) in [6.45, 7) is 5.61. The normalized spacial score (nSPS) is 16.5. The van der Waals surface area contributed by atoms with E-state index in [-0.39, 0.29) is 0 Å². The fourth-order valence-electron chi connectivity index (χ4n) is 1.78. The summed E-state index contributed by atoms with van der Waals surface area (Å²) in [4.78, 5) is 1.47. The molecule has 0 aromatic carbocycles. The second-order valence-electron chi connectivity index (χ2n) is 4.31. The zero-order chi connectivity index (χ0) is 12.2. The first-order valence-electron chi connectivity index (χ1n) is 5.59. The van der Waals surface area contributed by atoms with Gasteiger partial charge in [-0.05, 0) is 25.5 Å². The van der Waals surface area contributed by atoms with Crippen LogP contribution in [-0.2, 0) is 0 Å². The Bertz CT molecular complexity index is 252. The van der Waals surface area contributed by atoms with E-state index in [1.54, 1.807) is 0 Å². The predicted molar refractivity (Wildman–Crippen MR) is 58.4 cm³/mol. The molecule has 0 spiro atoms. The van der Waals surface area contributed by atoms with Gasteiger partial charge in [-0.15, -0.1) is 0 Å². The molecule has 1 N–H and O–H groups in total. The van der Waals surface area contributed by atoms with Crippen LogP contribution in [0.5, 0.6) is 0 Å². The molecule has 1 aliphatic rings. The zero-order valence-corrected chi connectivity index (χ0v) is 9.82. The summed E-state index contributed by atoms with van der Waals surface area (Å²) in [6, 6.07) is 0. The first-order valence-corrected chi connectivity index (χ1v) is 5.59. The Morgan fingerprint density at radius 3 is 2.38 bits per heavy atom. The molecule has 0 radical (unpaired) electrons. The van der Waals surface area contributed by atoms with Crippen molar-refractivity contribution in [2.75, 3.05) is 32.7 Å². The molecule has 0 unspecified atom stereocenters. The second kappa shape index (κ2) is 5.68. The van der Waals surface area contributed by atoms with Crippen molar-refractivity contribution < 1.29 is 13.2 Å². The van der Waals surface area contributed by atoms with Crippen LogP contribution in [0.3, 0.4) is 0 Å². The molecule has 1 rings (SSSR count). The summed E-state index contributed by atoms with van der Waals surface area (Å²) < 4.78 is 36.9. The lowest BCUT2D eigenvalue weighted by Crippen LogP contribution is -2.39. The summed E-state index contributed by atoms with van der Waals surface area (Å²) >= 11 is 0. The largest absolute Gasteiger partial charge is 0.401 e. The van der Waals surface area contributed by atoms with Gasteiger partial charge >= 0.3 is 6.18 Å². The molecule has 2 nitrogen and oxygen atoms in total. The number of nitrogens with one attached hydrogen (secondary N) is 1. The van der Waals surface area contributed by atoms with E-state index in [9.17, 15) is 13.2 Å². The van der Waals surface area contributed by atoms with Crippen molar-refractivity contribution in [3.8, 4) is 0 Å². The Morgan fingerprint density at radius 1 is 1.38 bits per heavy atom. The Kier molecular flexibility index (Phi) is 4.80. The fraction of sp³-hybridized carbons (Fsp3) is 0.818. The Balaban J connectivity index is 2.50. The first kappa shape index (κ1) is 13.5. The van der Waals surface area contributed by atoms with E-state index in [2.05, 4.69) is 5.32 Å². The lowest BCUT2D eigenvalue weighted by Gasteiger charge is -2.27. The number of alkyl halides is 3. The molecule has 0 atom stereocenters. The highest BCUT2D eigenvalue weighted by Gasteiger charge is 2.30. The molecule has 0 amide bonds. The van der Waals surface area contributed by atoms with E-state index in [4.69, 9.17) is 0 Å². The highest BCUT2D eigenvalue weighted by atomic mass is 19.4. The quantitative estimate of drug-likeness (QED) is 0.736. The van der Waals surface area contributed by atoms with Gasteiger partial charge in [-0.25, -0.2) is 0 Å². The summed E-state index contributed by atoms with van der Waals surface area (Å²) in [5.41, 5.74) is 2.33. The molecule has 94 valence electrons. The average Bonchev–Trinajstić information content (AvgIpc) is 1.96. The maximum absolute atomic E-state index is 12.3. The number of rotatable bonds is 5. The van der Waals surface area contributed by atoms with Crippen LogP contribution in [0.15, 0.2) is 11.1 Å².